The number of hydrazone groups is 1. The summed E-state index contributed by atoms with van der Waals surface area (Å²) in [6, 6.07) is 14.0. The Balaban J connectivity index is 1.71. The third kappa shape index (κ3) is 2.87. The summed E-state index contributed by atoms with van der Waals surface area (Å²) < 4.78 is 0. The lowest BCUT2D eigenvalue weighted by atomic mass is 10.1. The van der Waals surface area contributed by atoms with Crippen LogP contribution in [0.3, 0.4) is 0 Å². The molecular formula is C18H13N5S. The van der Waals surface area contributed by atoms with Gasteiger partial charge in [0, 0.05) is 23.3 Å². The number of nitrogens with zero attached hydrogens (tertiary/aromatic N) is 4. The van der Waals surface area contributed by atoms with E-state index in [1.54, 1.807) is 36.3 Å². The Labute approximate surface area is 142 Å². The van der Waals surface area contributed by atoms with Crippen molar-refractivity contribution in [2.24, 2.45) is 5.10 Å². The SMILES string of the molecule is C(=NNc1ncnc2scc(-c3ccccc3)c12)c1ccncc1. The number of pyridine rings is 1. The minimum absolute atomic E-state index is 0.699. The molecule has 0 atom stereocenters. The number of rotatable bonds is 4. The van der Waals surface area contributed by atoms with Crippen LogP contribution in [0, 0.1) is 0 Å². The maximum atomic E-state index is 4.36. The van der Waals surface area contributed by atoms with Gasteiger partial charge in [-0.15, -0.1) is 11.3 Å². The fraction of sp³-hybridized carbons (Fsp3) is 0. The summed E-state index contributed by atoms with van der Waals surface area (Å²) in [5.74, 6) is 0.699. The summed E-state index contributed by atoms with van der Waals surface area (Å²) in [5, 5.41) is 7.38. The number of thiophene rings is 1. The lowest BCUT2D eigenvalue weighted by Crippen LogP contribution is -1.95. The van der Waals surface area contributed by atoms with Gasteiger partial charge in [-0.3, -0.25) is 10.4 Å². The summed E-state index contributed by atoms with van der Waals surface area (Å²) in [6.07, 6.45) is 6.76. The number of hydrogen-bond acceptors (Lipinski definition) is 6. The third-order valence-electron chi connectivity index (χ3n) is 3.55. The van der Waals surface area contributed by atoms with Gasteiger partial charge in [-0.1, -0.05) is 30.3 Å². The van der Waals surface area contributed by atoms with E-state index in [-0.39, 0.29) is 0 Å². The summed E-state index contributed by atoms with van der Waals surface area (Å²) in [6.45, 7) is 0. The summed E-state index contributed by atoms with van der Waals surface area (Å²) in [4.78, 5) is 13.6. The third-order valence-corrected chi connectivity index (χ3v) is 4.43. The van der Waals surface area contributed by atoms with E-state index >= 15 is 0 Å². The Kier molecular flexibility index (Phi) is 3.95. The summed E-state index contributed by atoms with van der Waals surface area (Å²) >= 11 is 1.60. The Morgan fingerprint density at radius 1 is 1.00 bits per heavy atom. The molecule has 0 aliphatic carbocycles. The highest BCUT2D eigenvalue weighted by atomic mass is 32.1. The van der Waals surface area contributed by atoms with Crippen molar-refractivity contribution in [3.63, 3.8) is 0 Å². The van der Waals surface area contributed by atoms with Crippen LogP contribution in [0.1, 0.15) is 5.56 Å². The second-order valence-corrected chi connectivity index (χ2v) is 5.93. The molecular weight excluding hydrogens is 318 g/mol. The second-order valence-electron chi connectivity index (χ2n) is 5.07. The lowest BCUT2D eigenvalue weighted by molar-refractivity contribution is 1.19. The molecule has 1 N–H and O–H groups in total. The van der Waals surface area contributed by atoms with Gasteiger partial charge in [0.1, 0.15) is 11.2 Å². The van der Waals surface area contributed by atoms with Crippen molar-refractivity contribution in [1.29, 1.82) is 0 Å². The van der Waals surface area contributed by atoms with E-state index in [1.807, 2.05) is 30.3 Å². The van der Waals surface area contributed by atoms with Crippen LogP contribution in [0.4, 0.5) is 5.82 Å². The van der Waals surface area contributed by atoms with Crippen LogP contribution in [0.2, 0.25) is 0 Å². The number of benzene rings is 1. The number of fused-ring (bicyclic) bond motifs is 1. The van der Waals surface area contributed by atoms with Gasteiger partial charge in [-0.2, -0.15) is 5.10 Å². The topological polar surface area (TPSA) is 63.1 Å². The van der Waals surface area contributed by atoms with Gasteiger partial charge >= 0.3 is 0 Å². The fourth-order valence-corrected chi connectivity index (χ4v) is 3.32. The molecule has 0 unspecified atom stereocenters. The minimum Gasteiger partial charge on any atom is -0.265 e. The molecule has 0 aliphatic rings. The van der Waals surface area contributed by atoms with Crippen LogP contribution in [0.5, 0.6) is 0 Å². The minimum atomic E-state index is 0.699. The van der Waals surface area contributed by atoms with E-state index < -0.39 is 0 Å². The van der Waals surface area contributed by atoms with Gasteiger partial charge in [0.2, 0.25) is 0 Å². The molecule has 0 bridgehead atoms. The van der Waals surface area contributed by atoms with E-state index in [9.17, 15) is 0 Å². The van der Waals surface area contributed by atoms with E-state index in [0.29, 0.717) is 5.82 Å². The molecule has 116 valence electrons. The average molecular weight is 331 g/mol. The zero-order chi connectivity index (χ0) is 16.2. The van der Waals surface area contributed by atoms with Gasteiger partial charge in [0.25, 0.3) is 0 Å². The van der Waals surface area contributed by atoms with Crippen LogP contribution in [0.25, 0.3) is 21.3 Å². The molecule has 3 aromatic heterocycles. The Bertz CT molecular complexity index is 980. The first-order valence-corrected chi connectivity index (χ1v) is 8.26. The van der Waals surface area contributed by atoms with Crippen molar-refractivity contribution in [2.45, 2.75) is 0 Å². The van der Waals surface area contributed by atoms with Crippen LogP contribution in [0.15, 0.2) is 71.7 Å². The van der Waals surface area contributed by atoms with Crippen molar-refractivity contribution in [2.75, 3.05) is 5.43 Å². The van der Waals surface area contributed by atoms with Crippen molar-refractivity contribution in [3.05, 3.63) is 72.1 Å². The molecule has 1 aromatic carbocycles. The van der Waals surface area contributed by atoms with Gasteiger partial charge in [0.15, 0.2) is 5.82 Å². The van der Waals surface area contributed by atoms with Crippen molar-refractivity contribution in [3.8, 4) is 11.1 Å². The Morgan fingerprint density at radius 3 is 2.67 bits per heavy atom. The smallest absolute Gasteiger partial charge is 0.159 e. The number of aromatic nitrogens is 3. The van der Waals surface area contributed by atoms with E-state index in [0.717, 1.165) is 26.9 Å². The van der Waals surface area contributed by atoms with Crippen molar-refractivity contribution < 1.29 is 0 Å². The largest absolute Gasteiger partial charge is 0.265 e. The van der Waals surface area contributed by atoms with Gasteiger partial charge in [-0.25, -0.2) is 9.97 Å². The number of anilines is 1. The number of hydrogen-bond donors (Lipinski definition) is 1. The molecule has 0 saturated carbocycles. The molecule has 0 saturated heterocycles. The summed E-state index contributed by atoms with van der Waals surface area (Å²) in [5.41, 5.74) is 6.25. The lowest BCUT2D eigenvalue weighted by Gasteiger charge is -2.04. The average Bonchev–Trinajstić information content (AvgIpc) is 3.08. The first-order valence-electron chi connectivity index (χ1n) is 7.38. The molecule has 0 spiro atoms. The van der Waals surface area contributed by atoms with Crippen LogP contribution in [-0.4, -0.2) is 21.2 Å². The molecule has 0 radical (unpaired) electrons. The predicted octanol–water partition coefficient (Wildman–Crippen LogP) is 4.20. The Hall–Kier alpha value is -3.12. The molecule has 4 rings (SSSR count). The van der Waals surface area contributed by atoms with Crippen molar-refractivity contribution in [1.82, 2.24) is 15.0 Å². The van der Waals surface area contributed by atoms with Crippen LogP contribution >= 0.6 is 11.3 Å². The van der Waals surface area contributed by atoms with Crippen LogP contribution in [-0.2, 0) is 0 Å². The second kappa shape index (κ2) is 6.55. The maximum Gasteiger partial charge on any atom is 0.159 e. The van der Waals surface area contributed by atoms with Gasteiger partial charge in [-0.05, 0) is 23.3 Å². The number of nitrogens with one attached hydrogen (secondary N) is 1. The van der Waals surface area contributed by atoms with Gasteiger partial charge in [0.05, 0.1) is 11.6 Å². The molecule has 6 heteroatoms. The fourth-order valence-electron chi connectivity index (χ4n) is 2.41. The summed E-state index contributed by atoms with van der Waals surface area (Å²) in [7, 11) is 0. The zero-order valence-electron chi connectivity index (χ0n) is 12.6. The standard InChI is InChI=1S/C18H13N5S/c1-2-4-14(5-3-1)15-11-24-18-16(15)17(20-12-21-18)23-22-10-13-6-8-19-9-7-13/h1-12H,(H,20,21,23). The first-order chi connectivity index (χ1) is 11.9. The molecule has 5 nitrogen and oxygen atoms in total. The Morgan fingerprint density at radius 2 is 1.83 bits per heavy atom. The molecule has 0 aliphatic heterocycles. The highest BCUT2D eigenvalue weighted by Crippen LogP contribution is 2.36. The molecule has 0 amide bonds. The molecule has 0 fully saturated rings. The molecule has 3 heterocycles. The molecule has 4 aromatic rings. The zero-order valence-corrected chi connectivity index (χ0v) is 13.4. The first kappa shape index (κ1) is 14.5. The van der Waals surface area contributed by atoms with E-state index in [4.69, 9.17) is 0 Å². The maximum absolute atomic E-state index is 4.36. The normalized spacial score (nSPS) is 11.2. The van der Waals surface area contributed by atoms with E-state index in [2.05, 4.69) is 43.0 Å². The monoisotopic (exact) mass is 331 g/mol. The van der Waals surface area contributed by atoms with Gasteiger partial charge < -0.3 is 0 Å². The highest BCUT2D eigenvalue weighted by Gasteiger charge is 2.12. The van der Waals surface area contributed by atoms with Crippen LogP contribution < -0.4 is 5.43 Å². The highest BCUT2D eigenvalue weighted by molar-refractivity contribution is 7.17. The van der Waals surface area contributed by atoms with E-state index in [1.165, 1.54) is 0 Å². The van der Waals surface area contributed by atoms with Crippen molar-refractivity contribution >= 4 is 33.6 Å². The predicted molar refractivity (Wildman–Crippen MR) is 98.3 cm³/mol. The molecule has 24 heavy (non-hydrogen) atoms. The quantitative estimate of drug-likeness (QED) is 0.450.